The van der Waals surface area contributed by atoms with E-state index in [9.17, 15) is 4.79 Å². The topological polar surface area (TPSA) is 65.7 Å². The highest BCUT2D eigenvalue weighted by Crippen LogP contribution is 2.28. The molecule has 1 heterocycles. The fraction of sp³-hybridized carbons (Fsp3) is 0.261. The zero-order chi connectivity index (χ0) is 21.9. The minimum atomic E-state index is -0.387. The number of hydrogen-bond donors (Lipinski definition) is 0. The van der Waals surface area contributed by atoms with Crippen LogP contribution < -0.4 is 15.0 Å². The van der Waals surface area contributed by atoms with Gasteiger partial charge in [-0.15, -0.1) is 6.42 Å². The Morgan fingerprint density at radius 3 is 2.67 bits per heavy atom. The second-order valence-electron chi connectivity index (χ2n) is 7.61. The van der Waals surface area contributed by atoms with E-state index in [0.717, 1.165) is 10.0 Å². The third-order valence-corrected chi connectivity index (χ3v) is 4.79. The van der Waals surface area contributed by atoms with Gasteiger partial charge in [0.25, 0.3) is 5.56 Å². The minimum absolute atomic E-state index is 0.145. The number of rotatable bonds is 5. The smallest absolute Gasteiger partial charge is 0.282 e. The van der Waals surface area contributed by atoms with Crippen molar-refractivity contribution in [2.24, 2.45) is 5.10 Å². The molecule has 3 aromatic rings. The lowest BCUT2D eigenvalue weighted by molar-refractivity contribution is 0.331. The summed E-state index contributed by atoms with van der Waals surface area (Å²) in [7, 11) is 1.55. The first-order chi connectivity index (χ1) is 14.2. The van der Waals surface area contributed by atoms with Crippen LogP contribution in [0.5, 0.6) is 11.5 Å². The summed E-state index contributed by atoms with van der Waals surface area (Å²) in [6, 6.07) is 10.8. The first-order valence-corrected chi connectivity index (χ1v) is 10.1. The van der Waals surface area contributed by atoms with E-state index in [4.69, 9.17) is 20.9 Å². The number of benzene rings is 2. The van der Waals surface area contributed by atoms with E-state index >= 15 is 0 Å². The normalized spacial score (nSPS) is 11.6. The molecule has 1 aromatic heterocycles. The highest BCUT2D eigenvalue weighted by atomic mass is 79.9. The van der Waals surface area contributed by atoms with Gasteiger partial charge in [-0.1, -0.05) is 42.6 Å². The maximum Gasteiger partial charge on any atom is 0.282 e. The van der Waals surface area contributed by atoms with Crippen molar-refractivity contribution in [2.75, 3.05) is 13.7 Å². The number of halogens is 1. The Hall–Kier alpha value is -3.11. The molecule has 0 amide bonds. The number of fused-ring (bicyclic) bond motifs is 1. The van der Waals surface area contributed by atoms with Crippen LogP contribution in [0.4, 0.5) is 0 Å². The summed E-state index contributed by atoms with van der Waals surface area (Å²) in [4.78, 5) is 17.9. The van der Waals surface area contributed by atoms with Crippen LogP contribution in [0, 0.1) is 12.3 Å². The number of ether oxygens (including phenoxy) is 2. The molecule has 0 fully saturated rings. The molecule has 7 heteroatoms. The van der Waals surface area contributed by atoms with Crippen molar-refractivity contribution in [3.05, 3.63) is 62.6 Å². The molecule has 6 nitrogen and oxygen atoms in total. The maximum atomic E-state index is 13.2. The Morgan fingerprint density at radius 2 is 2.00 bits per heavy atom. The van der Waals surface area contributed by atoms with Crippen LogP contribution in [-0.2, 0) is 5.41 Å². The molecule has 0 aliphatic rings. The van der Waals surface area contributed by atoms with E-state index in [-0.39, 0.29) is 17.6 Å². The van der Waals surface area contributed by atoms with Gasteiger partial charge in [-0.2, -0.15) is 9.78 Å². The Labute approximate surface area is 183 Å². The molecule has 154 valence electrons. The van der Waals surface area contributed by atoms with Gasteiger partial charge in [0.15, 0.2) is 11.5 Å². The lowest BCUT2D eigenvalue weighted by Gasteiger charge is -2.20. The molecule has 0 atom stereocenters. The Kier molecular flexibility index (Phi) is 6.28. The number of aromatic nitrogens is 2. The Morgan fingerprint density at radius 1 is 1.23 bits per heavy atom. The Balaban J connectivity index is 2.10. The molecular formula is C23H22BrN3O3. The fourth-order valence-corrected chi connectivity index (χ4v) is 3.23. The van der Waals surface area contributed by atoms with Crippen molar-refractivity contribution in [3.63, 3.8) is 0 Å². The third-order valence-electron chi connectivity index (χ3n) is 4.30. The summed E-state index contributed by atoms with van der Waals surface area (Å²) in [6.07, 6.45) is 6.84. The van der Waals surface area contributed by atoms with E-state index in [1.54, 1.807) is 31.5 Å². The highest BCUT2D eigenvalue weighted by Gasteiger charge is 2.22. The van der Waals surface area contributed by atoms with Crippen molar-refractivity contribution in [3.8, 4) is 23.8 Å². The van der Waals surface area contributed by atoms with Crippen molar-refractivity contribution < 1.29 is 9.47 Å². The van der Waals surface area contributed by atoms with E-state index in [0.29, 0.717) is 28.2 Å². The lowest BCUT2D eigenvalue weighted by Crippen LogP contribution is -2.29. The predicted octanol–water partition coefficient (Wildman–Crippen LogP) is 4.36. The quantitative estimate of drug-likeness (QED) is 0.413. The average Bonchev–Trinajstić information content (AvgIpc) is 2.71. The molecule has 0 aliphatic carbocycles. The molecule has 0 saturated carbocycles. The van der Waals surface area contributed by atoms with Crippen LogP contribution in [0.25, 0.3) is 10.9 Å². The van der Waals surface area contributed by atoms with Gasteiger partial charge in [-0.25, -0.2) is 4.98 Å². The summed E-state index contributed by atoms with van der Waals surface area (Å²) in [5.41, 5.74) is 0.753. The van der Waals surface area contributed by atoms with Crippen LogP contribution >= 0.6 is 15.9 Å². The van der Waals surface area contributed by atoms with Gasteiger partial charge in [-0.05, 0) is 42.0 Å². The van der Waals surface area contributed by atoms with Crippen LogP contribution in [0.3, 0.4) is 0 Å². The third kappa shape index (κ3) is 4.55. The molecule has 0 radical (unpaired) electrons. The molecule has 0 spiro atoms. The van der Waals surface area contributed by atoms with Gasteiger partial charge in [-0.3, -0.25) is 4.79 Å². The minimum Gasteiger partial charge on any atom is -0.493 e. The first kappa shape index (κ1) is 21.6. The summed E-state index contributed by atoms with van der Waals surface area (Å²) in [5, 5.41) is 4.95. The fourth-order valence-electron chi connectivity index (χ4n) is 2.87. The maximum absolute atomic E-state index is 13.2. The Bertz CT molecular complexity index is 1220. The van der Waals surface area contributed by atoms with Crippen molar-refractivity contribution in [1.82, 2.24) is 9.66 Å². The van der Waals surface area contributed by atoms with Gasteiger partial charge < -0.3 is 9.47 Å². The van der Waals surface area contributed by atoms with Crippen molar-refractivity contribution >= 4 is 33.0 Å². The predicted molar refractivity (Wildman–Crippen MR) is 123 cm³/mol. The van der Waals surface area contributed by atoms with Gasteiger partial charge in [0.2, 0.25) is 0 Å². The number of terminal acetylenes is 1. The van der Waals surface area contributed by atoms with Gasteiger partial charge in [0.1, 0.15) is 12.4 Å². The number of nitrogens with zero attached hydrogens (tertiary/aromatic N) is 3. The van der Waals surface area contributed by atoms with Crippen molar-refractivity contribution in [2.45, 2.75) is 26.2 Å². The molecule has 0 saturated heterocycles. The standard InChI is InChI=1S/C23H22BrN3O3/c1-6-11-30-19-10-7-15(12-20(19)29-5)14-25-27-21(28)17-13-16(24)8-9-18(17)26-22(27)23(2,3)4/h1,7-10,12-14H,11H2,2-5H3. The molecule has 0 unspecified atom stereocenters. The SMILES string of the molecule is C#CCOc1ccc(C=Nn2c(C(C)(C)C)nc3ccc(Br)cc3c2=O)cc1OC. The molecular weight excluding hydrogens is 446 g/mol. The van der Waals surface area contributed by atoms with Crippen molar-refractivity contribution in [1.29, 1.82) is 0 Å². The largest absolute Gasteiger partial charge is 0.493 e. The summed E-state index contributed by atoms with van der Waals surface area (Å²) in [6.45, 7) is 6.12. The van der Waals surface area contributed by atoms with Crippen LogP contribution in [0.2, 0.25) is 0 Å². The second kappa shape index (κ2) is 8.72. The summed E-state index contributed by atoms with van der Waals surface area (Å²) < 4.78 is 13.0. The molecule has 0 bridgehead atoms. The number of hydrogen-bond acceptors (Lipinski definition) is 5. The summed E-state index contributed by atoms with van der Waals surface area (Å²) in [5.74, 6) is 4.06. The van der Waals surface area contributed by atoms with Crippen LogP contribution in [0.1, 0.15) is 32.2 Å². The molecule has 0 N–H and O–H groups in total. The molecule has 2 aromatic carbocycles. The monoisotopic (exact) mass is 467 g/mol. The molecule has 30 heavy (non-hydrogen) atoms. The zero-order valence-corrected chi connectivity index (χ0v) is 18.9. The summed E-state index contributed by atoms with van der Waals surface area (Å²) >= 11 is 3.41. The molecule has 3 rings (SSSR count). The van der Waals surface area contributed by atoms with Gasteiger partial charge >= 0.3 is 0 Å². The van der Waals surface area contributed by atoms with Gasteiger partial charge in [0, 0.05) is 9.89 Å². The zero-order valence-electron chi connectivity index (χ0n) is 17.3. The molecule has 0 aliphatic heterocycles. The van der Waals surface area contributed by atoms with E-state index < -0.39 is 0 Å². The van der Waals surface area contributed by atoms with E-state index in [2.05, 4.69) is 27.0 Å². The van der Waals surface area contributed by atoms with E-state index in [1.165, 1.54) is 4.68 Å². The van der Waals surface area contributed by atoms with Crippen LogP contribution in [-0.4, -0.2) is 29.6 Å². The average molecular weight is 468 g/mol. The van der Waals surface area contributed by atoms with Gasteiger partial charge in [0.05, 0.1) is 24.2 Å². The lowest BCUT2D eigenvalue weighted by atomic mass is 9.95. The number of methoxy groups -OCH3 is 1. The first-order valence-electron chi connectivity index (χ1n) is 9.26. The second-order valence-corrected chi connectivity index (χ2v) is 8.53. The van der Waals surface area contributed by atoms with E-state index in [1.807, 2.05) is 39.0 Å². The van der Waals surface area contributed by atoms with Crippen LogP contribution in [0.15, 0.2) is 50.8 Å². The highest BCUT2D eigenvalue weighted by molar-refractivity contribution is 9.10.